The van der Waals surface area contributed by atoms with Crippen LogP contribution in [0.1, 0.15) is 18.2 Å². The second-order valence-corrected chi connectivity index (χ2v) is 5.19. The maximum absolute atomic E-state index is 6.06. The molecule has 0 fully saturated rings. The predicted octanol–water partition coefficient (Wildman–Crippen LogP) is 3.63. The van der Waals surface area contributed by atoms with Crippen LogP contribution in [-0.2, 0) is 6.54 Å². The third-order valence-corrected chi connectivity index (χ3v) is 3.44. The minimum absolute atomic E-state index is 0.536. The largest absolute Gasteiger partial charge is 0.364 e. The first-order valence-corrected chi connectivity index (χ1v) is 7.08. The highest BCUT2D eigenvalue weighted by molar-refractivity contribution is 7.09. The molecule has 0 aliphatic rings. The average molecular weight is 283 g/mol. The van der Waals surface area contributed by atoms with Gasteiger partial charge in [0.2, 0.25) is 5.95 Å². The van der Waals surface area contributed by atoms with Crippen molar-refractivity contribution in [3.05, 3.63) is 33.6 Å². The van der Waals surface area contributed by atoms with Gasteiger partial charge in [-0.3, -0.25) is 0 Å². The Morgan fingerprint density at radius 3 is 3.00 bits per heavy atom. The summed E-state index contributed by atoms with van der Waals surface area (Å²) >= 11 is 7.76. The Kier molecular flexibility index (Phi) is 4.78. The van der Waals surface area contributed by atoms with Crippen molar-refractivity contribution in [2.75, 3.05) is 17.2 Å². The lowest BCUT2D eigenvalue weighted by Gasteiger charge is -2.08. The van der Waals surface area contributed by atoms with E-state index in [1.807, 2.05) is 11.4 Å². The van der Waals surface area contributed by atoms with E-state index in [9.17, 15) is 0 Å². The van der Waals surface area contributed by atoms with Crippen LogP contribution in [0.4, 0.5) is 11.8 Å². The SMILES string of the molecule is CCCNc1ncc(Cl)c(NCc2cccs2)n1. The van der Waals surface area contributed by atoms with E-state index in [0.717, 1.165) is 19.5 Å². The highest BCUT2D eigenvalue weighted by Crippen LogP contribution is 2.20. The van der Waals surface area contributed by atoms with E-state index in [1.165, 1.54) is 4.88 Å². The summed E-state index contributed by atoms with van der Waals surface area (Å²) in [5, 5.41) is 8.94. The highest BCUT2D eigenvalue weighted by atomic mass is 35.5. The van der Waals surface area contributed by atoms with E-state index in [0.29, 0.717) is 16.8 Å². The van der Waals surface area contributed by atoms with Crippen LogP contribution in [0, 0.1) is 0 Å². The molecule has 0 aliphatic heterocycles. The number of rotatable bonds is 6. The van der Waals surface area contributed by atoms with Crippen LogP contribution in [0.2, 0.25) is 5.02 Å². The molecule has 96 valence electrons. The standard InChI is InChI=1S/C12H15ClN4S/c1-2-5-14-12-16-8-10(13)11(17-12)15-7-9-4-3-6-18-9/h3-4,6,8H,2,5,7H2,1H3,(H2,14,15,16,17). The first kappa shape index (κ1) is 13.1. The average Bonchev–Trinajstić information content (AvgIpc) is 2.89. The summed E-state index contributed by atoms with van der Waals surface area (Å²) in [4.78, 5) is 9.72. The Labute approximate surface area is 115 Å². The van der Waals surface area contributed by atoms with Gasteiger partial charge in [0, 0.05) is 11.4 Å². The van der Waals surface area contributed by atoms with E-state index in [1.54, 1.807) is 17.5 Å². The monoisotopic (exact) mass is 282 g/mol. The number of anilines is 2. The van der Waals surface area contributed by atoms with E-state index in [-0.39, 0.29) is 0 Å². The fourth-order valence-corrected chi connectivity index (χ4v) is 2.20. The molecule has 2 heterocycles. The van der Waals surface area contributed by atoms with Gasteiger partial charge in [-0.25, -0.2) is 4.98 Å². The first-order valence-electron chi connectivity index (χ1n) is 5.82. The van der Waals surface area contributed by atoms with E-state index in [2.05, 4.69) is 33.6 Å². The van der Waals surface area contributed by atoms with Crippen molar-refractivity contribution in [3.63, 3.8) is 0 Å². The molecule has 0 saturated heterocycles. The molecule has 2 aromatic rings. The number of aromatic nitrogens is 2. The smallest absolute Gasteiger partial charge is 0.224 e. The third-order valence-electron chi connectivity index (χ3n) is 2.29. The fourth-order valence-electron chi connectivity index (χ4n) is 1.40. The van der Waals surface area contributed by atoms with Crippen LogP contribution in [0.3, 0.4) is 0 Å². The zero-order valence-corrected chi connectivity index (χ0v) is 11.7. The molecule has 0 unspecified atom stereocenters. The summed E-state index contributed by atoms with van der Waals surface area (Å²) in [6, 6.07) is 4.10. The van der Waals surface area contributed by atoms with Crippen molar-refractivity contribution < 1.29 is 0 Å². The number of hydrogen-bond acceptors (Lipinski definition) is 5. The maximum atomic E-state index is 6.06. The summed E-state index contributed by atoms with van der Waals surface area (Å²) < 4.78 is 0. The summed E-state index contributed by atoms with van der Waals surface area (Å²) in [7, 11) is 0. The molecular weight excluding hydrogens is 268 g/mol. The van der Waals surface area contributed by atoms with Crippen LogP contribution in [-0.4, -0.2) is 16.5 Å². The van der Waals surface area contributed by atoms with Crippen molar-refractivity contribution in [2.45, 2.75) is 19.9 Å². The summed E-state index contributed by atoms with van der Waals surface area (Å²) in [6.07, 6.45) is 2.65. The Balaban J connectivity index is 2.01. The van der Waals surface area contributed by atoms with Gasteiger partial charge in [0.05, 0.1) is 12.7 Å². The molecule has 0 spiro atoms. The second-order valence-electron chi connectivity index (χ2n) is 3.75. The van der Waals surface area contributed by atoms with E-state index >= 15 is 0 Å². The van der Waals surface area contributed by atoms with Gasteiger partial charge in [0.1, 0.15) is 5.02 Å². The molecule has 4 nitrogen and oxygen atoms in total. The quantitative estimate of drug-likeness (QED) is 0.849. The number of nitrogens with one attached hydrogen (secondary N) is 2. The molecule has 0 saturated carbocycles. The van der Waals surface area contributed by atoms with Crippen molar-refractivity contribution in [1.29, 1.82) is 0 Å². The fraction of sp³-hybridized carbons (Fsp3) is 0.333. The molecule has 0 aliphatic carbocycles. The number of nitrogens with zero attached hydrogens (tertiary/aromatic N) is 2. The molecule has 2 aromatic heterocycles. The van der Waals surface area contributed by atoms with Gasteiger partial charge >= 0.3 is 0 Å². The molecule has 0 atom stereocenters. The molecule has 0 radical (unpaired) electrons. The van der Waals surface area contributed by atoms with Gasteiger partial charge in [0.25, 0.3) is 0 Å². The lowest BCUT2D eigenvalue weighted by atomic mass is 10.4. The zero-order chi connectivity index (χ0) is 12.8. The number of hydrogen-bond donors (Lipinski definition) is 2. The summed E-state index contributed by atoms with van der Waals surface area (Å²) in [6.45, 7) is 3.67. The van der Waals surface area contributed by atoms with Crippen molar-refractivity contribution in [1.82, 2.24) is 9.97 Å². The molecule has 2 rings (SSSR count). The Morgan fingerprint density at radius 1 is 1.39 bits per heavy atom. The molecule has 0 bridgehead atoms. The molecule has 6 heteroatoms. The van der Waals surface area contributed by atoms with Gasteiger partial charge in [0.15, 0.2) is 5.82 Å². The minimum atomic E-state index is 0.536. The Bertz CT molecular complexity index is 487. The van der Waals surface area contributed by atoms with Crippen LogP contribution in [0.25, 0.3) is 0 Å². The first-order chi connectivity index (χ1) is 8.79. The predicted molar refractivity (Wildman–Crippen MR) is 77.5 cm³/mol. The second kappa shape index (κ2) is 6.56. The third kappa shape index (κ3) is 3.58. The van der Waals surface area contributed by atoms with Crippen molar-refractivity contribution >= 4 is 34.7 Å². The minimum Gasteiger partial charge on any atom is -0.364 e. The lowest BCUT2D eigenvalue weighted by molar-refractivity contribution is 0.951. The molecule has 0 amide bonds. The van der Waals surface area contributed by atoms with Crippen LogP contribution in [0.15, 0.2) is 23.7 Å². The van der Waals surface area contributed by atoms with Crippen LogP contribution < -0.4 is 10.6 Å². The van der Waals surface area contributed by atoms with Gasteiger partial charge in [-0.1, -0.05) is 24.6 Å². The normalized spacial score (nSPS) is 10.3. The molecule has 18 heavy (non-hydrogen) atoms. The molecule has 2 N–H and O–H groups in total. The Morgan fingerprint density at radius 2 is 2.28 bits per heavy atom. The maximum Gasteiger partial charge on any atom is 0.224 e. The summed E-state index contributed by atoms with van der Waals surface area (Å²) in [5.41, 5.74) is 0. The van der Waals surface area contributed by atoms with Gasteiger partial charge in [-0.2, -0.15) is 4.98 Å². The van der Waals surface area contributed by atoms with E-state index < -0.39 is 0 Å². The molecular formula is C12H15ClN4S. The van der Waals surface area contributed by atoms with Crippen LogP contribution in [0.5, 0.6) is 0 Å². The topological polar surface area (TPSA) is 49.8 Å². The number of thiophene rings is 1. The molecule has 0 aromatic carbocycles. The zero-order valence-electron chi connectivity index (χ0n) is 10.1. The van der Waals surface area contributed by atoms with Crippen molar-refractivity contribution in [2.24, 2.45) is 0 Å². The van der Waals surface area contributed by atoms with Gasteiger partial charge in [-0.05, 0) is 17.9 Å². The van der Waals surface area contributed by atoms with Crippen LogP contribution >= 0.6 is 22.9 Å². The van der Waals surface area contributed by atoms with Gasteiger partial charge in [-0.15, -0.1) is 11.3 Å². The van der Waals surface area contributed by atoms with Gasteiger partial charge < -0.3 is 10.6 Å². The highest BCUT2D eigenvalue weighted by Gasteiger charge is 2.05. The lowest BCUT2D eigenvalue weighted by Crippen LogP contribution is -2.07. The Hall–Kier alpha value is -1.33. The summed E-state index contributed by atoms with van der Waals surface area (Å²) in [5.74, 6) is 1.27. The van der Waals surface area contributed by atoms with E-state index in [4.69, 9.17) is 11.6 Å². The van der Waals surface area contributed by atoms with Crippen molar-refractivity contribution in [3.8, 4) is 0 Å². The number of halogens is 1.